The lowest BCUT2D eigenvalue weighted by Gasteiger charge is -2.43. The molecular formula is C17H19BrN2. The first kappa shape index (κ1) is 13.7. The lowest BCUT2D eigenvalue weighted by molar-refractivity contribution is 0.332. The number of piperazine rings is 1. The minimum Gasteiger partial charge on any atom is -0.368 e. The Bertz CT molecular complexity index is 585. The van der Waals surface area contributed by atoms with Gasteiger partial charge in [-0.05, 0) is 30.7 Å². The molecule has 1 heterocycles. The Labute approximate surface area is 128 Å². The number of nitrogens with one attached hydrogen (secondary N) is 1. The van der Waals surface area contributed by atoms with Crippen molar-refractivity contribution in [3.8, 4) is 0 Å². The van der Waals surface area contributed by atoms with Crippen molar-refractivity contribution in [3.63, 3.8) is 0 Å². The summed E-state index contributed by atoms with van der Waals surface area (Å²) in [5.41, 5.74) is 2.63. The minimum absolute atomic E-state index is 0.00181. The number of halogens is 1. The predicted octanol–water partition coefficient (Wildman–Crippen LogP) is 3.77. The van der Waals surface area contributed by atoms with Gasteiger partial charge in [0.15, 0.2) is 0 Å². The Morgan fingerprint density at radius 1 is 1.10 bits per heavy atom. The molecule has 0 aromatic heterocycles. The minimum atomic E-state index is 0.00181. The number of benzene rings is 2. The fraction of sp³-hybridized carbons (Fsp3) is 0.294. The van der Waals surface area contributed by atoms with Gasteiger partial charge >= 0.3 is 0 Å². The van der Waals surface area contributed by atoms with Crippen molar-refractivity contribution >= 4 is 21.6 Å². The van der Waals surface area contributed by atoms with Crippen LogP contribution in [-0.4, -0.2) is 19.6 Å². The van der Waals surface area contributed by atoms with Gasteiger partial charge in [0.2, 0.25) is 0 Å². The molecule has 0 aliphatic carbocycles. The molecule has 0 bridgehead atoms. The van der Waals surface area contributed by atoms with Gasteiger partial charge in [-0.2, -0.15) is 0 Å². The van der Waals surface area contributed by atoms with Crippen LogP contribution in [0.5, 0.6) is 0 Å². The van der Waals surface area contributed by atoms with Gasteiger partial charge in [0.1, 0.15) is 0 Å². The number of rotatable bonds is 2. The van der Waals surface area contributed by atoms with Crippen LogP contribution in [0.3, 0.4) is 0 Å². The van der Waals surface area contributed by atoms with Crippen LogP contribution < -0.4 is 10.2 Å². The Morgan fingerprint density at radius 2 is 1.90 bits per heavy atom. The average molecular weight is 331 g/mol. The van der Waals surface area contributed by atoms with Crippen molar-refractivity contribution in [1.29, 1.82) is 0 Å². The molecule has 1 saturated heterocycles. The SMILES string of the molecule is CC1(c2ccccc2)CN(c2cccc(Br)c2)CCN1. The molecule has 3 rings (SSSR count). The molecule has 0 amide bonds. The summed E-state index contributed by atoms with van der Waals surface area (Å²) < 4.78 is 1.13. The topological polar surface area (TPSA) is 15.3 Å². The van der Waals surface area contributed by atoms with Gasteiger partial charge in [0.05, 0.1) is 5.54 Å². The largest absolute Gasteiger partial charge is 0.368 e. The standard InChI is InChI=1S/C17H19BrN2/c1-17(14-6-3-2-4-7-14)13-20(11-10-19-17)16-9-5-8-15(18)12-16/h2-9,12,19H,10-11,13H2,1H3. The molecule has 3 heteroatoms. The third-order valence-corrected chi connectivity index (χ3v) is 4.48. The van der Waals surface area contributed by atoms with E-state index < -0.39 is 0 Å². The predicted molar refractivity (Wildman–Crippen MR) is 88.2 cm³/mol. The summed E-state index contributed by atoms with van der Waals surface area (Å²) in [6.45, 7) is 5.30. The van der Waals surface area contributed by atoms with E-state index in [-0.39, 0.29) is 5.54 Å². The fourth-order valence-electron chi connectivity index (χ4n) is 2.88. The van der Waals surface area contributed by atoms with Crippen LogP contribution in [0.15, 0.2) is 59.1 Å². The van der Waals surface area contributed by atoms with E-state index in [1.807, 2.05) is 0 Å². The summed E-state index contributed by atoms with van der Waals surface area (Å²) in [5.74, 6) is 0. The lowest BCUT2D eigenvalue weighted by atomic mass is 9.89. The van der Waals surface area contributed by atoms with E-state index in [0.717, 1.165) is 24.1 Å². The first-order valence-corrected chi connectivity index (χ1v) is 7.78. The third-order valence-electron chi connectivity index (χ3n) is 3.99. The summed E-state index contributed by atoms with van der Waals surface area (Å²) in [4.78, 5) is 2.45. The maximum Gasteiger partial charge on any atom is 0.0584 e. The first-order chi connectivity index (χ1) is 9.67. The van der Waals surface area contributed by atoms with Gasteiger partial charge in [-0.3, -0.25) is 0 Å². The fourth-order valence-corrected chi connectivity index (χ4v) is 3.26. The normalized spacial score (nSPS) is 22.8. The molecule has 0 saturated carbocycles. The number of nitrogens with zero attached hydrogens (tertiary/aromatic N) is 1. The Morgan fingerprint density at radius 3 is 2.65 bits per heavy atom. The van der Waals surface area contributed by atoms with Gasteiger partial charge in [-0.25, -0.2) is 0 Å². The molecule has 1 aliphatic heterocycles. The zero-order valence-corrected chi connectivity index (χ0v) is 13.2. The summed E-state index contributed by atoms with van der Waals surface area (Å²) in [6, 6.07) is 19.2. The molecule has 2 nitrogen and oxygen atoms in total. The van der Waals surface area contributed by atoms with Crippen molar-refractivity contribution in [2.24, 2.45) is 0 Å². The third kappa shape index (κ3) is 2.74. The number of hydrogen-bond donors (Lipinski definition) is 1. The zero-order valence-electron chi connectivity index (χ0n) is 11.6. The molecule has 20 heavy (non-hydrogen) atoms. The summed E-state index contributed by atoms with van der Waals surface area (Å²) >= 11 is 3.56. The van der Waals surface area contributed by atoms with Crippen LogP contribution in [-0.2, 0) is 5.54 Å². The van der Waals surface area contributed by atoms with Crippen molar-refractivity contribution in [3.05, 3.63) is 64.6 Å². The van der Waals surface area contributed by atoms with Crippen LogP contribution in [0.25, 0.3) is 0 Å². The Kier molecular flexibility index (Phi) is 3.81. The summed E-state index contributed by atoms with van der Waals surface area (Å²) in [7, 11) is 0. The zero-order chi connectivity index (χ0) is 14.0. The molecule has 1 aliphatic rings. The molecule has 2 aromatic carbocycles. The van der Waals surface area contributed by atoms with E-state index in [0.29, 0.717) is 0 Å². The maximum atomic E-state index is 3.67. The van der Waals surface area contributed by atoms with Gasteiger partial charge in [-0.1, -0.05) is 52.3 Å². The smallest absolute Gasteiger partial charge is 0.0584 e. The number of hydrogen-bond acceptors (Lipinski definition) is 2. The van der Waals surface area contributed by atoms with Crippen LogP contribution >= 0.6 is 15.9 Å². The van der Waals surface area contributed by atoms with Crippen molar-refractivity contribution < 1.29 is 0 Å². The van der Waals surface area contributed by atoms with E-state index >= 15 is 0 Å². The molecule has 2 aromatic rings. The molecule has 1 unspecified atom stereocenters. The van der Waals surface area contributed by atoms with Gasteiger partial charge < -0.3 is 10.2 Å². The average Bonchev–Trinajstić information content (AvgIpc) is 2.48. The second-order valence-corrected chi connectivity index (χ2v) is 6.44. The van der Waals surface area contributed by atoms with Gasteiger partial charge in [0.25, 0.3) is 0 Å². The monoisotopic (exact) mass is 330 g/mol. The van der Waals surface area contributed by atoms with Gasteiger partial charge in [-0.15, -0.1) is 0 Å². The van der Waals surface area contributed by atoms with Gasteiger partial charge in [0, 0.05) is 29.8 Å². The maximum absolute atomic E-state index is 3.67. The van der Waals surface area contributed by atoms with E-state index in [4.69, 9.17) is 0 Å². The van der Waals surface area contributed by atoms with Crippen LogP contribution in [0, 0.1) is 0 Å². The number of anilines is 1. The summed E-state index contributed by atoms with van der Waals surface area (Å²) in [5, 5.41) is 3.67. The lowest BCUT2D eigenvalue weighted by Crippen LogP contribution is -2.56. The molecule has 104 valence electrons. The molecular weight excluding hydrogens is 312 g/mol. The molecule has 1 N–H and O–H groups in total. The second-order valence-electron chi connectivity index (χ2n) is 5.53. The Balaban J connectivity index is 1.87. The van der Waals surface area contributed by atoms with E-state index in [1.165, 1.54) is 11.3 Å². The van der Waals surface area contributed by atoms with Crippen molar-refractivity contribution in [1.82, 2.24) is 5.32 Å². The molecule has 0 spiro atoms. The highest BCUT2D eigenvalue weighted by Gasteiger charge is 2.32. The van der Waals surface area contributed by atoms with E-state index in [2.05, 4.69) is 87.7 Å². The quantitative estimate of drug-likeness (QED) is 0.901. The Hall–Kier alpha value is -1.32. The first-order valence-electron chi connectivity index (χ1n) is 6.98. The highest BCUT2D eigenvalue weighted by atomic mass is 79.9. The van der Waals surface area contributed by atoms with E-state index in [9.17, 15) is 0 Å². The van der Waals surface area contributed by atoms with Crippen LogP contribution in [0.1, 0.15) is 12.5 Å². The molecule has 0 radical (unpaired) electrons. The van der Waals surface area contributed by atoms with Crippen molar-refractivity contribution in [2.75, 3.05) is 24.5 Å². The van der Waals surface area contributed by atoms with E-state index in [1.54, 1.807) is 0 Å². The highest BCUT2D eigenvalue weighted by molar-refractivity contribution is 9.10. The molecule has 1 atom stereocenters. The summed E-state index contributed by atoms with van der Waals surface area (Å²) in [6.07, 6.45) is 0. The molecule has 1 fully saturated rings. The van der Waals surface area contributed by atoms with Crippen LogP contribution in [0.2, 0.25) is 0 Å². The van der Waals surface area contributed by atoms with Crippen LogP contribution in [0.4, 0.5) is 5.69 Å². The second kappa shape index (κ2) is 5.58. The highest BCUT2D eigenvalue weighted by Crippen LogP contribution is 2.28. The van der Waals surface area contributed by atoms with Crippen molar-refractivity contribution in [2.45, 2.75) is 12.5 Å².